The summed E-state index contributed by atoms with van der Waals surface area (Å²) in [5, 5.41) is 0. The van der Waals surface area contributed by atoms with Crippen LogP contribution in [-0.4, -0.2) is 5.91 Å². The summed E-state index contributed by atoms with van der Waals surface area (Å²) < 4.78 is 0. The molecule has 0 fully saturated rings. The zero-order valence-corrected chi connectivity index (χ0v) is 13.1. The fourth-order valence-corrected chi connectivity index (χ4v) is 3.13. The Morgan fingerprint density at radius 3 is 2.59 bits per heavy atom. The van der Waals surface area contributed by atoms with E-state index in [-0.39, 0.29) is 11.8 Å². The molecule has 1 heterocycles. The van der Waals surface area contributed by atoms with E-state index in [9.17, 15) is 4.79 Å². The van der Waals surface area contributed by atoms with E-state index in [0.717, 1.165) is 23.4 Å². The Morgan fingerprint density at radius 1 is 1.18 bits per heavy atom. The van der Waals surface area contributed by atoms with E-state index in [1.165, 1.54) is 5.56 Å². The number of benzene rings is 2. The zero-order valence-electron chi connectivity index (χ0n) is 13.1. The van der Waals surface area contributed by atoms with Gasteiger partial charge >= 0.3 is 0 Å². The number of carbonyl (C=O) groups is 1. The molecule has 22 heavy (non-hydrogen) atoms. The molecule has 3 heteroatoms. The molecule has 2 N–H and O–H groups in total. The monoisotopic (exact) mass is 294 g/mol. The van der Waals surface area contributed by atoms with Crippen LogP contribution in [0.25, 0.3) is 0 Å². The largest absolute Gasteiger partial charge is 0.399 e. The second-order valence-corrected chi connectivity index (χ2v) is 6.35. The number of rotatable bonds is 3. The first-order valence-electron chi connectivity index (χ1n) is 7.80. The molecule has 0 aliphatic carbocycles. The standard InChI is InChI=1S/C19H22N2O/c1-13(2)17-11-15-10-16(20)8-9-18(15)21(19(17)22)12-14-6-4-3-5-7-14/h3-10,13,17H,11-12,20H2,1-2H3. The number of fused-ring (bicyclic) bond motifs is 1. The highest BCUT2D eigenvalue weighted by molar-refractivity contribution is 5.98. The SMILES string of the molecule is CC(C)C1Cc2cc(N)ccc2N(Cc2ccccc2)C1=O. The molecule has 0 spiro atoms. The zero-order chi connectivity index (χ0) is 15.7. The van der Waals surface area contributed by atoms with Gasteiger partial charge in [-0.2, -0.15) is 0 Å². The van der Waals surface area contributed by atoms with E-state index < -0.39 is 0 Å². The third kappa shape index (κ3) is 2.71. The highest BCUT2D eigenvalue weighted by Crippen LogP contribution is 2.35. The quantitative estimate of drug-likeness (QED) is 0.879. The lowest BCUT2D eigenvalue weighted by Crippen LogP contribution is -2.42. The van der Waals surface area contributed by atoms with Gasteiger partial charge in [-0.1, -0.05) is 44.2 Å². The van der Waals surface area contributed by atoms with Crippen molar-refractivity contribution in [1.29, 1.82) is 0 Å². The molecule has 0 saturated heterocycles. The summed E-state index contributed by atoms with van der Waals surface area (Å²) in [6.45, 7) is 4.83. The lowest BCUT2D eigenvalue weighted by Gasteiger charge is -2.36. The summed E-state index contributed by atoms with van der Waals surface area (Å²) in [5.74, 6) is 0.564. The number of nitrogens with two attached hydrogens (primary N) is 1. The van der Waals surface area contributed by atoms with Crippen LogP contribution in [0.4, 0.5) is 11.4 Å². The van der Waals surface area contributed by atoms with Crippen molar-refractivity contribution in [1.82, 2.24) is 0 Å². The fraction of sp³-hybridized carbons (Fsp3) is 0.316. The Bertz CT molecular complexity index is 679. The van der Waals surface area contributed by atoms with Crippen LogP contribution in [0, 0.1) is 11.8 Å². The Kier molecular flexibility index (Phi) is 3.88. The number of carbonyl (C=O) groups excluding carboxylic acids is 1. The van der Waals surface area contributed by atoms with Crippen LogP contribution in [0.2, 0.25) is 0 Å². The minimum Gasteiger partial charge on any atom is -0.399 e. The molecule has 0 radical (unpaired) electrons. The van der Waals surface area contributed by atoms with E-state index in [1.807, 2.05) is 41.3 Å². The van der Waals surface area contributed by atoms with Gasteiger partial charge in [-0.05, 0) is 41.7 Å². The molecular formula is C19H22N2O. The van der Waals surface area contributed by atoms with Gasteiger partial charge in [0.05, 0.1) is 6.54 Å². The van der Waals surface area contributed by atoms with Crippen molar-refractivity contribution in [3.05, 3.63) is 59.7 Å². The summed E-state index contributed by atoms with van der Waals surface area (Å²) in [4.78, 5) is 14.8. The third-order valence-electron chi connectivity index (χ3n) is 4.41. The van der Waals surface area contributed by atoms with Gasteiger partial charge in [0.2, 0.25) is 5.91 Å². The molecule has 2 aromatic rings. The van der Waals surface area contributed by atoms with Crippen molar-refractivity contribution in [2.75, 3.05) is 10.6 Å². The summed E-state index contributed by atoms with van der Waals surface area (Å²) >= 11 is 0. The Morgan fingerprint density at radius 2 is 1.91 bits per heavy atom. The van der Waals surface area contributed by atoms with Gasteiger partial charge in [0, 0.05) is 17.3 Å². The number of amides is 1. The number of hydrogen-bond donors (Lipinski definition) is 1. The van der Waals surface area contributed by atoms with E-state index in [4.69, 9.17) is 5.73 Å². The molecule has 1 unspecified atom stereocenters. The average molecular weight is 294 g/mol. The molecule has 114 valence electrons. The molecule has 2 aromatic carbocycles. The highest BCUT2D eigenvalue weighted by atomic mass is 16.2. The summed E-state index contributed by atoms with van der Waals surface area (Å²) in [7, 11) is 0. The maximum Gasteiger partial charge on any atom is 0.231 e. The molecular weight excluding hydrogens is 272 g/mol. The van der Waals surface area contributed by atoms with Gasteiger partial charge in [-0.25, -0.2) is 0 Å². The van der Waals surface area contributed by atoms with Crippen molar-refractivity contribution in [2.24, 2.45) is 11.8 Å². The van der Waals surface area contributed by atoms with Gasteiger partial charge in [-0.3, -0.25) is 4.79 Å². The van der Waals surface area contributed by atoms with Crippen LogP contribution in [0.3, 0.4) is 0 Å². The summed E-state index contributed by atoms with van der Waals surface area (Å²) in [6.07, 6.45) is 0.780. The number of nitrogens with zero attached hydrogens (tertiary/aromatic N) is 1. The van der Waals surface area contributed by atoms with Crippen molar-refractivity contribution >= 4 is 17.3 Å². The molecule has 3 rings (SSSR count). The first-order valence-corrected chi connectivity index (χ1v) is 7.80. The second kappa shape index (κ2) is 5.84. The predicted octanol–water partition coefficient (Wildman–Crippen LogP) is 3.63. The second-order valence-electron chi connectivity index (χ2n) is 6.35. The molecule has 1 aliphatic heterocycles. The lowest BCUT2D eigenvalue weighted by atomic mass is 9.83. The van der Waals surface area contributed by atoms with E-state index in [0.29, 0.717) is 12.5 Å². The normalized spacial score (nSPS) is 17.7. The van der Waals surface area contributed by atoms with Crippen LogP contribution in [0.5, 0.6) is 0 Å². The topological polar surface area (TPSA) is 46.3 Å². The molecule has 3 nitrogen and oxygen atoms in total. The van der Waals surface area contributed by atoms with E-state index >= 15 is 0 Å². The van der Waals surface area contributed by atoms with Crippen LogP contribution >= 0.6 is 0 Å². The molecule has 0 aromatic heterocycles. The first-order chi connectivity index (χ1) is 10.6. The molecule has 1 aliphatic rings. The maximum absolute atomic E-state index is 12.9. The fourth-order valence-electron chi connectivity index (χ4n) is 3.13. The van der Waals surface area contributed by atoms with Gasteiger partial charge in [0.25, 0.3) is 0 Å². The summed E-state index contributed by atoms with van der Waals surface area (Å²) in [6, 6.07) is 16.0. The first kappa shape index (κ1) is 14.6. The van der Waals surface area contributed by atoms with Gasteiger partial charge in [-0.15, -0.1) is 0 Å². The number of hydrogen-bond acceptors (Lipinski definition) is 2. The van der Waals surface area contributed by atoms with Crippen LogP contribution in [0.1, 0.15) is 25.0 Å². The van der Waals surface area contributed by atoms with Crippen molar-refractivity contribution in [2.45, 2.75) is 26.8 Å². The Hall–Kier alpha value is -2.29. The van der Waals surface area contributed by atoms with Crippen molar-refractivity contribution in [3.63, 3.8) is 0 Å². The number of nitrogen functional groups attached to an aromatic ring is 1. The average Bonchev–Trinajstić information content (AvgIpc) is 2.50. The molecule has 1 amide bonds. The van der Waals surface area contributed by atoms with Crippen LogP contribution in [-0.2, 0) is 17.8 Å². The lowest BCUT2D eigenvalue weighted by molar-refractivity contribution is -0.124. The van der Waals surface area contributed by atoms with Crippen molar-refractivity contribution < 1.29 is 4.79 Å². The van der Waals surface area contributed by atoms with Gasteiger partial charge in [0.1, 0.15) is 0 Å². The van der Waals surface area contributed by atoms with Gasteiger partial charge in [0.15, 0.2) is 0 Å². The predicted molar refractivity (Wildman–Crippen MR) is 90.5 cm³/mol. The number of anilines is 2. The minimum atomic E-state index is 0.0259. The van der Waals surface area contributed by atoms with E-state index in [2.05, 4.69) is 26.0 Å². The van der Waals surface area contributed by atoms with Crippen LogP contribution < -0.4 is 10.6 Å². The Labute approximate surface area is 131 Å². The van der Waals surface area contributed by atoms with Gasteiger partial charge < -0.3 is 10.6 Å². The highest BCUT2D eigenvalue weighted by Gasteiger charge is 2.34. The van der Waals surface area contributed by atoms with E-state index in [1.54, 1.807) is 0 Å². The van der Waals surface area contributed by atoms with Crippen LogP contribution in [0.15, 0.2) is 48.5 Å². The van der Waals surface area contributed by atoms with Crippen molar-refractivity contribution in [3.8, 4) is 0 Å². The molecule has 1 atom stereocenters. The summed E-state index contributed by atoms with van der Waals surface area (Å²) in [5.41, 5.74) is 10.0. The minimum absolute atomic E-state index is 0.0259. The molecule has 0 saturated carbocycles. The molecule has 0 bridgehead atoms. The smallest absolute Gasteiger partial charge is 0.231 e. The third-order valence-corrected chi connectivity index (χ3v) is 4.41. The Balaban J connectivity index is 2.01. The maximum atomic E-state index is 12.9.